The quantitative estimate of drug-likeness (QED) is 0.893. The van der Waals surface area contributed by atoms with Gasteiger partial charge in [0.15, 0.2) is 5.69 Å². The minimum absolute atomic E-state index is 0.00575. The first-order valence-electron chi connectivity index (χ1n) is 9.54. The normalized spacial score (nSPS) is 32.0. The van der Waals surface area contributed by atoms with E-state index >= 15 is 0 Å². The molecule has 1 amide bonds. The monoisotopic (exact) mass is 370 g/mol. The molecule has 0 spiro atoms. The highest BCUT2D eigenvalue weighted by Crippen LogP contribution is 2.55. The Bertz CT molecular complexity index is 793. The summed E-state index contributed by atoms with van der Waals surface area (Å²) in [6.07, 6.45) is 9.27. The molecule has 2 aromatic rings. The highest BCUT2D eigenvalue weighted by Gasteiger charge is 2.51. The first-order valence-corrected chi connectivity index (χ1v) is 9.92. The summed E-state index contributed by atoms with van der Waals surface area (Å²) < 4.78 is 1.71. The number of nitrogens with one attached hydrogen (secondary N) is 1. The number of halogens is 1. The first kappa shape index (κ1) is 16.3. The van der Waals surface area contributed by atoms with Crippen LogP contribution in [0.1, 0.15) is 54.6 Å². The Morgan fingerprint density at radius 1 is 1.12 bits per heavy atom. The van der Waals surface area contributed by atoms with Crippen LogP contribution >= 0.6 is 11.6 Å². The molecule has 0 aliphatic heterocycles. The predicted octanol–water partition coefficient (Wildman–Crippen LogP) is 3.68. The lowest BCUT2D eigenvalue weighted by molar-refractivity contribution is -0.0167. The van der Waals surface area contributed by atoms with Gasteiger partial charge in [-0.3, -0.25) is 4.79 Å². The summed E-state index contributed by atoms with van der Waals surface area (Å²) in [5, 5.41) is 12.3. The molecular formula is C20H23ClN4O. The number of carbonyl (C=O) groups is 1. The number of amides is 1. The van der Waals surface area contributed by atoms with Crippen LogP contribution in [0.2, 0.25) is 5.02 Å². The smallest absolute Gasteiger partial charge is 0.273 e. The number of nitrogens with zero attached hydrogens (tertiary/aromatic N) is 3. The van der Waals surface area contributed by atoms with Crippen molar-refractivity contribution in [2.75, 3.05) is 0 Å². The van der Waals surface area contributed by atoms with Crippen molar-refractivity contribution in [2.45, 2.75) is 50.6 Å². The number of rotatable bonds is 4. The molecular weight excluding hydrogens is 348 g/mol. The Morgan fingerprint density at radius 2 is 1.73 bits per heavy atom. The van der Waals surface area contributed by atoms with Crippen LogP contribution in [0, 0.1) is 17.8 Å². The van der Waals surface area contributed by atoms with E-state index in [1.54, 1.807) is 10.9 Å². The van der Waals surface area contributed by atoms with Crippen molar-refractivity contribution >= 4 is 17.5 Å². The van der Waals surface area contributed by atoms with Crippen molar-refractivity contribution in [1.29, 1.82) is 0 Å². The number of aromatic nitrogens is 3. The molecule has 0 atom stereocenters. The van der Waals surface area contributed by atoms with Crippen LogP contribution in [0.25, 0.3) is 0 Å². The van der Waals surface area contributed by atoms with Crippen LogP contribution in [-0.4, -0.2) is 26.4 Å². The molecule has 4 fully saturated rings. The third-order valence-corrected chi connectivity index (χ3v) is 6.70. The van der Waals surface area contributed by atoms with Gasteiger partial charge in [0.05, 0.1) is 12.7 Å². The molecule has 6 rings (SSSR count). The Labute approximate surface area is 158 Å². The van der Waals surface area contributed by atoms with Crippen LogP contribution < -0.4 is 5.32 Å². The van der Waals surface area contributed by atoms with E-state index in [4.69, 9.17) is 11.6 Å². The molecule has 0 radical (unpaired) electrons. The molecule has 6 heteroatoms. The standard InChI is InChI=1S/C20H23ClN4O/c21-17-3-1-13(2-4-17)11-25-12-18(23-24-25)19(26)22-20-8-14-5-15(9-20)7-16(6-14)10-20/h1-4,12,14-16H,5-11H2,(H,22,26). The van der Waals surface area contributed by atoms with Gasteiger partial charge in [0, 0.05) is 10.6 Å². The van der Waals surface area contributed by atoms with Crippen LogP contribution in [-0.2, 0) is 6.54 Å². The zero-order valence-electron chi connectivity index (χ0n) is 14.7. The molecule has 4 aliphatic rings. The van der Waals surface area contributed by atoms with Crippen LogP contribution in [0.5, 0.6) is 0 Å². The van der Waals surface area contributed by atoms with Gasteiger partial charge < -0.3 is 5.32 Å². The van der Waals surface area contributed by atoms with E-state index in [2.05, 4.69) is 15.6 Å². The maximum Gasteiger partial charge on any atom is 0.273 e. The molecule has 5 nitrogen and oxygen atoms in total. The van der Waals surface area contributed by atoms with E-state index in [1.807, 2.05) is 24.3 Å². The summed E-state index contributed by atoms with van der Waals surface area (Å²) in [7, 11) is 0. The maximum absolute atomic E-state index is 12.8. The van der Waals surface area contributed by atoms with Gasteiger partial charge in [0.25, 0.3) is 5.91 Å². The minimum atomic E-state index is -0.0747. The maximum atomic E-state index is 12.8. The molecule has 0 saturated heterocycles. The van der Waals surface area contributed by atoms with E-state index in [9.17, 15) is 4.79 Å². The van der Waals surface area contributed by atoms with Gasteiger partial charge in [-0.1, -0.05) is 28.9 Å². The molecule has 0 unspecified atom stereocenters. The molecule has 1 heterocycles. The average Bonchev–Trinajstić information content (AvgIpc) is 3.04. The SMILES string of the molecule is O=C(NC12CC3CC(CC(C3)C1)C2)c1cn(Cc2ccc(Cl)cc2)nn1. The van der Waals surface area contributed by atoms with E-state index in [1.165, 1.54) is 19.3 Å². The van der Waals surface area contributed by atoms with E-state index in [0.717, 1.165) is 42.6 Å². The van der Waals surface area contributed by atoms with Gasteiger partial charge in [0.1, 0.15) is 0 Å². The van der Waals surface area contributed by atoms with E-state index < -0.39 is 0 Å². The number of benzene rings is 1. The van der Waals surface area contributed by atoms with Gasteiger partial charge in [0.2, 0.25) is 0 Å². The summed E-state index contributed by atoms with van der Waals surface area (Å²) in [6, 6.07) is 7.63. The van der Waals surface area contributed by atoms with Crippen LogP contribution in [0.3, 0.4) is 0 Å². The first-order chi connectivity index (χ1) is 12.6. The van der Waals surface area contributed by atoms with Gasteiger partial charge in [-0.05, 0) is 74.0 Å². The van der Waals surface area contributed by atoms with Crippen LogP contribution in [0.15, 0.2) is 30.5 Å². The topological polar surface area (TPSA) is 59.8 Å². The second-order valence-corrected chi connectivity index (χ2v) is 9.02. The van der Waals surface area contributed by atoms with Crippen molar-refractivity contribution in [3.8, 4) is 0 Å². The summed E-state index contributed by atoms with van der Waals surface area (Å²) in [5.41, 5.74) is 1.49. The fraction of sp³-hybridized carbons (Fsp3) is 0.550. The van der Waals surface area contributed by atoms with Crippen molar-refractivity contribution < 1.29 is 4.79 Å². The highest BCUT2D eigenvalue weighted by molar-refractivity contribution is 6.30. The van der Waals surface area contributed by atoms with Crippen molar-refractivity contribution in [2.24, 2.45) is 17.8 Å². The van der Waals surface area contributed by atoms with Gasteiger partial charge in [-0.25, -0.2) is 4.68 Å². The predicted molar refractivity (Wildman–Crippen MR) is 98.9 cm³/mol. The molecule has 136 valence electrons. The lowest BCUT2D eigenvalue weighted by Gasteiger charge is -2.56. The number of carbonyl (C=O) groups excluding carboxylic acids is 1. The van der Waals surface area contributed by atoms with Gasteiger partial charge in [-0.15, -0.1) is 5.10 Å². The summed E-state index contributed by atoms with van der Waals surface area (Å²) in [6.45, 7) is 0.578. The molecule has 4 bridgehead atoms. The Morgan fingerprint density at radius 3 is 2.35 bits per heavy atom. The fourth-order valence-electron chi connectivity index (χ4n) is 5.83. The lowest BCUT2D eigenvalue weighted by Crippen LogP contribution is -2.59. The molecule has 4 aliphatic carbocycles. The Kier molecular flexibility index (Phi) is 3.82. The molecule has 1 aromatic carbocycles. The minimum Gasteiger partial charge on any atom is -0.345 e. The molecule has 1 N–H and O–H groups in total. The second kappa shape index (κ2) is 6.08. The number of hydrogen-bond acceptors (Lipinski definition) is 3. The highest BCUT2D eigenvalue weighted by atomic mass is 35.5. The summed E-state index contributed by atoms with van der Waals surface area (Å²) >= 11 is 5.92. The zero-order chi connectivity index (χ0) is 17.7. The van der Waals surface area contributed by atoms with Crippen molar-refractivity contribution in [1.82, 2.24) is 20.3 Å². The summed E-state index contributed by atoms with van der Waals surface area (Å²) in [5.74, 6) is 2.35. The lowest BCUT2D eigenvalue weighted by atomic mass is 9.53. The third kappa shape index (κ3) is 3.02. The third-order valence-electron chi connectivity index (χ3n) is 6.45. The Balaban J connectivity index is 1.28. The summed E-state index contributed by atoms with van der Waals surface area (Å²) in [4.78, 5) is 12.8. The fourth-order valence-corrected chi connectivity index (χ4v) is 5.95. The van der Waals surface area contributed by atoms with E-state index in [0.29, 0.717) is 17.3 Å². The molecule has 26 heavy (non-hydrogen) atoms. The second-order valence-electron chi connectivity index (χ2n) is 8.58. The largest absolute Gasteiger partial charge is 0.345 e. The van der Waals surface area contributed by atoms with E-state index in [-0.39, 0.29) is 11.4 Å². The zero-order valence-corrected chi connectivity index (χ0v) is 15.5. The number of hydrogen-bond donors (Lipinski definition) is 1. The molecule has 1 aromatic heterocycles. The van der Waals surface area contributed by atoms with Crippen LogP contribution in [0.4, 0.5) is 0 Å². The van der Waals surface area contributed by atoms with Gasteiger partial charge in [-0.2, -0.15) is 0 Å². The van der Waals surface area contributed by atoms with Gasteiger partial charge >= 0.3 is 0 Å². The average molecular weight is 371 g/mol. The van der Waals surface area contributed by atoms with Crippen molar-refractivity contribution in [3.63, 3.8) is 0 Å². The van der Waals surface area contributed by atoms with Crippen molar-refractivity contribution in [3.05, 3.63) is 46.7 Å². The molecule has 4 saturated carbocycles. The Hall–Kier alpha value is -1.88.